The Kier molecular flexibility index (Phi) is 4.61. The molecule has 0 saturated heterocycles. The van der Waals surface area contributed by atoms with E-state index in [0.717, 1.165) is 27.7 Å². The number of methoxy groups -OCH3 is 1. The number of nitrogens with one attached hydrogen (secondary N) is 2. The molecule has 4 aromatic rings. The quantitative estimate of drug-likeness (QED) is 0.459. The molecule has 2 aromatic heterocycles. The number of nitrogens with two attached hydrogens (primary N) is 1. The summed E-state index contributed by atoms with van der Waals surface area (Å²) >= 11 is 0. The van der Waals surface area contributed by atoms with Crippen LogP contribution in [0.25, 0.3) is 22.2 Å². The monoisotopic (exact) mass is 412 g/mol. The molecule has 31 heavy (non-hydrogen) atoms. The van der Waals surface area contributed by atoms with Gasteiger partial charge in [-0.1, -0.05) is 24.3 Å². The first-order chi connectivity index (χ1) is 15.1. The molecule has 0 aliphatic carbocycles. The zero-order valence-corrected chi connectivity index (χ0v) is 16.7. The molecule has 1 atom stereocenters. The maximum Gasteiger partial charge on any atom is 0.210 e. The molecule has 5 rings (SSSR count). The van der Waals surface area contributed by atoms with Crippen LogP contribution in [0, 0.1) is 0 Å². The number of para-hydroxylation sites is 1. The highest BCUT2D eigenvalue weighted by molar-refractivity contribution is 5.82. The zero-order valence-electron chi connectivity index (χ0n) is 16.7. The Bertz CT molecular complexity index is 1300. The van der Waals surface area contributed by atoms with Gasteiger partial charge in [-0.25, -0.2) is 9.98 Å². The molecule has 0 bridgehead atoms. The fourth-order valence-corrected chi connectivity index (χ4v) is 3.50. The molecule has 0 saturated carbocycles. The summed E-state index contributed by atoms with van der Waals surface area (Å²) in [6, 6.07) is 15.6. The predicted molar refractivity (Wildman–Crippen MR) is 119 cm³/mol. The molecule has 1 aliphatic rings. The topological polar surface area (TPSA) is 111 Å². The van der Waals surface area contributed by atoms with Gasteiger partial charge in [0, 0.05) is 17.2 Å². The first-order valence-corrected chi connectivity index (χ1v) is 9.66. The Morgan fingerprint density at radius 2 is 2.03 bits per heavy atom. The van der Waals surface area contributed by atoms with E-state index in [1.807, 2.05) is 54.6 Å². The highest BCUT2D eigenvalue weighted by Gasteiger charge is 2.30. The van der Waals surface area contributed by atoms with Crippen LogP contribution in [0.4, 0.5) is 5.69 Å². The lowest BCUT2D eigenvalue weighted by molar-refractivity contribution is 0.387. The SMILES string of the molecule is COc1cc(C2(N)N=CC=C(Nc3cnc4ccccc4c3)N2)ccc1-c1cnco1. The van der Waals surface area contributed by atoms with Crippen LogP contribution in [-0.4, -0.2) is 23.3 Å². The van der Waals surface area contributed by atoms with Crippen LogP contribution in [0.15, 0.2) is 88.6 Å². The molecule has 0 amide bonds. The number of ether oxygens (including phenoxy) is 1. The number of nitrogens with zero attached hydrogens (tertiary/aromatic N) is 3. The van der Waals surface area contributed by atoms with Gasteiger partial charge in [0.2, 0.25) is 5.79 Å². The lowest BCUT2D eigenvalue weighted by Gasteiger charge is -2.32. The minimum atomic E-state index is -1.17. The summed E-state index contributed by atoms with van der Waals surface area (Å²) in [5.41, 5.74) is 9.90. The van der Waals surface area contributed by atoms with Gasteiger partial charge in [0.05, 0.1) is 36.3 Å². The summed E-state index contributed by atoms with van der Waals surface area (Å²) in [7, 11) is 1.60. The molecule has 8 heteroatoms. The molecule has 1 aliphatic heterocycles. The van der Waals surface area contributed by atoms with Crippen molar-refractivity contribution in [2.45, 2.75) is 5.79 Å². The lowest BCUT2D eigenvalue weighted by Crippen LogP contribution is -2.51. The Hall–Kier alpha value is -4.17. The van der Waals surface area contributed by atoms with Gasteiger partial charge >= 0.3 is 0 Å². The van der Waals surface area contributed by atoms with Crippen LogP contribution >= 0.6 is 0 Å². The first kappa shape index (κ1) is 18.8. The van der Waals surface area contributed by atoms with E-state index in [-0.39, 0.29) is 0 Å². The average Bonchev–Trinajstić information content (AvgIpc) is 3.33. The van der Waals surface area contributed by atoms with Gasteiger partial charge in [-0.3, -0.25) is 10.7 Å². The van der Waals surface area contributed by atoms with Gasteiger partial charge in [0.1, 0.15) is 11.6 Å². The maximum absolute atomic E-state index is 6.61. The molecular weight excluding hydrogens is 392 g/mol. The number of aromatic nitrogens is 2. The minimum absolute atomic E-state index is 0.610. The molecule has 154 valence electrons. The van der Waals surface area contributed by atoms with Crippen LogP contribution in [0.1, 0.15) is 5.56 Å². The van der Waals surface area contributed by atoms with E-state index < -0.39 is 5.79 Å². The van der Waals surface area contributed by atoms with Crippen LogP contribution in [0.2, 0.25) is 0 Å². The van der Waals surface area contributed by atoms with Crippen molar-refractivity contribution in [1.29, 1.82) is 0 Å². The molecule has 0 spiro atoms. The zero-order chi connectivity index (χ0) is 21.3. The molecule has 3 heterocycles. The Morgan fingerprint density at radius 3 is 2.87 bits per heavy atom. The molecule has 2 aromatic carbocycles. The number of benzene rings is 2. The number of oxazole rings is 1. The van der Waals surface area contributed by atoms with Crippen molar-refractivity contribution < 1.29 is 9.15 Å². The summed E-state index contributed by atoms with van der Waals surface area (Å²) in [6.45, 7) is 0. The minimum Gasteiger partial charge on any atom is -0.496 e. The molecule has 0 radical (unpaired) electrons. The third-order valence-electron chi connectivity index (χ3n) is 5.05. The van der Waals surface area contributed by atoms with Crippen molar-refractivity contribution in [1.82, 2.24) is 15.3 Å². The summed E-state index contributed by atoms with van der Waals surface area (Å²) in [5, 5.41) is 7.63. The Morgan fingerprint density at radius 1 is 1.13 bits per heavy atom. The largest absolute Gasteiger partial charge is 0.496 e. The highest BCUT2D eigenvalue weighted by atomic mass is 16.5. The molecule has 0 fully saturated rings. The summed E-state index contributed by atoms with van der Waals surface area (Å²) in [5.74, 6) is 0.751. The van der Waals surface area contributed by atoms with Crippen molar-refractivity contribution in [2.75, 3.05) is 12.4 Å². The summed E-state index contributed by atoms with van der Waals surface area (Å²) in [4.78, 5) is 12.9. The van der Waals surface area contributed by atoms with Crippen LogP contribution in [-0.2, 0) is 5.79 Å². The van der Waals surface area contributed by atoms with Crippen molar-refractivity contribution >= 4 is 22.8 Å². The third kappa shape index (κ3) is 3.60. The fraction of sp³-hybridized carbons (Fsp3) is 0.0870. The number of allylic oxidation sites excluding steroid dienone is 1. The van der Waals surface area contributed by atoms with E-state index in [1.165, 1.54) is 6.39 Å². The average molecular weight is 412 g/mol. The van der Waals surface area contributed by atoms with Gasteiger partial charge in [-0.15, -0.1) is 0 Å². The van der Waals surface area contributed by atoms with Crippen molar-refractivity contribution in [2.24, 2.45) is 10.7 Å². The molecule has 1 unspecified atom stereocenters. The number of hydrogen-bond acceptors (Lipinski definition) is 8. The van der Waals surface area contributed by atoms with Gasteiger partial charge in [0.15, 0.2) is 12.2 Å². The van der Waals surface area contributed by atoms with Crippen LogP contribution in [0.3, 0.4) is 0 Å². The maximum atomic E-state index is 6.61. The van der Waals surface area contributed by atoms with Gasteiger partial charge < -0.3 is 19.8 Å². The highest BCUT2D eigenvalue weighted by Crippen LogP contribution is 2.33. The van der Waals surface area contributed by atoms with Gasteiger partial charge in [-0.05, 0) is 30.3 Å². The van der Waals surface area contributed by atoms with E-state index in [2.05, 4.69) is 25.6 Å². The van der Waals surface area contributed by atoms with Gasteiger partial charge in [0.25, 0.3) is 0 Å². The second-order valence-corrected chi connectivity index (χ2v) is 7.07. The molecular formula is C23H20N6O2. The Balaban J connectivity index is 1.40. The third-order valence-corrected chi connectivity index (χ3v) is 5.05. The van der Waals surface area contributed by atoms with E-state index in [4.69, 9.17) is 14.9 Å². The van der Waals surface area contributed by atoms with Crippen LogP contribution in [0.5, 0.6) is 5.75 Å². The predicted octanol–water partition coefficient (Wildman–Crippen LogP) is 3.59. The smallest absolute Gasteiger partial charge is 0.210 e. The molecule has 4 N–H and O–H groups in total. The first-order valence-electron chi connectivity index (χ1n) is 9.66. The fourth-order valence-electron chi connectivity index (χ4n) is 3.50. The number of rotatable bonds is 5. The van der Waals surface area contributed by atoms with E-state index >= 15 is 0 Å². The summed E-state index contributed by atoms with van der Waals surface area (Å²) < 4.78 is 10.9. The number of fused-ring (bicyclic) bond motifs is 1. The van der Waals surface area contributed by atoms with E-state index in [9.17, 15) is 0 Å². The summed E-state index contributed by atoms with van der Waals surface area (Å²) in [6.07, 6.45) is 8.29. The molecule has 8 nitrogen and oxygen atoms in total. The van der Waals surface area contributed by atoms with Crippen LogP contribution < -0.4 is 21.1 Å². The normalized spacial score (nSPS) is 17.8. The van der Waals surface area contributed by atoms with Crippen molar-refractivity contribution in [3.8, 4) is 17.1 Å². The van der Waals surface area contributed by atoms with Crippen molar-refractivity contribution in [3.05, 3.63) is 84.8 Å². The standard InChI is InChI=1S/C23H20N6O2/c1-30-20-11-16(6-7-18(20)21-13-25-14-31-21)23(24)27-9-8-22(29-23)28-17-10-15-4-2-3-5-19(15)26-12-17/h2-14,28-29H,24H2,1H3. The number of pyridine rings is 1. The number of aliphatic imine (C=N–C) groups is 1. The van der Waals surface area contributed by atoms with Gasteiger partial charge in [-0.2, -0.15) is 0 Å². The van der Waals surface area contributed by atoms with E-state index in [0.29, 0.717) is 17.3 Å². The number of anilines is 1. The number of hydrogen-bond donors (Lipinski definition) is 3. The van der Waals surface area contributed by atoms with Crippen molar-refractivity contribution in [3.63, 3.8) is 0 Å². The lowest BCUT2D eigenvalue weighted by atomic mass is 10.0. The second-order valence-electron chi connectivity index (χ2n) is 7.07. The second kappa shape index (κ2) is 7.58. The Labute approximate surface area is 178 Å². The van der Waals surface area contributed by atoms with E-state index in [1.54, 1.807) is 25.7 Å².